The second-order valence-electron chi connectivity index (χ2n) is 17.4. The van der Waals surface area contributed by atoms with E-state index < -0.39 is 0 Å². The summed E-state index contributed by atoms with van der Waals surface area (Å²) >= 11 is 0. The van der Waals surface area contributed by atoms with E-state index in [0.717, 1.165) is 98.7 Å². The Hall–Kier alpha value is -8.28. The van der Waals surface area contributed by atoms with Gasteiger partial charge in [0.25, 0.3) is 0 Å². The van der Waals surface area contributed by atoms with Gasteiger partial charge in [-0.1, -0.05) is 163 Å². The van der Waals surface area contributed by atoms with E-state index in [1.54, 1.807) is 0 Å². The molecule has 0 saturated heterocycles. The van der Waals surface area contributed by atoms with Gasteiger partial charge in [0.2, 0.25) is 0 Å². The van der Waals surface area contributed by atoms with Crippen molar-refractivity contribution in [1.29, 1.82) is 0 Å². The molecule has 0 bridgehead atoms. The molecule has 0 amide bonds. The fourth-order valence-corrected chi connectivity index (χ4v) is 8.89. The van der Waals surface area contributed by atoms with Crippen molar-refractivity contribution in [3.05, 3.63) is 271 Å². The van der Waals surface area contributed by atoms with Gasteiger partial charge in [-0.05, 0) is 70.4 Å². The molecule has 7 aromatic carbocycles. The largest absolute Gasteiger partial charge is 3.00 e. The molecular weight excluding hydrogens is 1040 g/mol. The fraction of sp³-hybridized carbons (Fsp3) is 0.0615. The van der Waals surface area contributed by atoms with Crippen molar-refractivity contribution in [2.75, 3.05) is 0 Å². The summed E-state index contributed by atoms with van der Waals surface area (Å²) in [5.74, 6) is 0.630. The number of hydrogen-bond donors (Lipinski definition) is 0. The predicted octanol–water partition coefficient (Wildman–Crippen LogP) is 15.0. The smallest absolute Gasteiger partial charge is 0.305 e. The van der Waals surface area contributed by atoms with E-state index >= 15 is 0 Å². The first kappa shape index (κ1) is 46.4. The molecule has 0 fully saturated rings. The first-order valence-corrected chi connectivity index (χ1v) is 23.7. The van der Waals surface area contributed by atoms with Gasteiger partial charge >= 0.3 is 20.1 Å². The van der Waals surface area contributed by atoms with Crippen molar-refractivity contribution in [1.82, 2.24) is 24.9 Å². The number of nitrogens with zero attached hydrogens (tertiary/aromatic N) is 5. The van der Waals surface area contributed by atoms with Gasteiger partial charge in [0.1, 0.15) is 0 Å². The molecule has 0 atom stereocenters. The number of rotatable bonds is 14. The molecule has 0 spiro atoms. The summed E-state index contributed by atoms with van der Waals surface area (Å²) < 4.78 is 0. The van der Waals surface area contributed by atoms with Crippen molar-refractivity contribution in [3.63, 3.8) is 0 Å². The van der Waals surface area contributed by atoms with E-state index in [0.29, 0.717) is 5.82 Å². The van der Waals surface area contributed by atoms with Crippen LogP contribution in [0, 0.1) is 18.2 Å². The fourth-order valence-electron chi connectivity index (χ4n) is 8.89. The van der Waals surface area contributed by atoms with E-state index in [1.165, 1.54) is 33.4 Å². The molecule has 11 aromatic rings. The number of pyridine rings is 3. The molecular formula is C65H46IrN5. The first-order valence-electron chi connectivity index (χ1n) is 23.7. The van der Waals surface area contributed by atoms with Crippen LogP contribution in [0.2, 0.25) is 0 Å². The number of hydrogen-bond acceptors (Lipinski definition) is 5. The van der Waals surface area contributed by atoms with Crippen molar-refractivity contribution < 1.29 is 20.1 Å². The summed E-state index contributed by atoms with van der Waals surface area (Å²) in [7, 11) is 0. The molecule has 0 unspecified atom stereocenters. The van der Waals surface area contributed by atoms with E-state index in [1.807, 2.05) is 104 Å². The van der Waals surface area contributed by atoms with Gasteiger partial charge in [-0.3, -0.25) is 0 Å². The molecule has 71 heavy (non-hydrogen) atoms. The molecule has 0 aliphatic heterocycles. The van der Waals surface area contributed by atoms with Crippen LogP contribution in [0.15, 0.2) is 231 Å². The zero-order chi connectivity index (χ0) is 46.9. The Labute approximate surface area is 429 Å². The third-order valence-corrected chi connectivity index (χ3v) is 12.6. The molecule has 11 rings (SSSR count). The second kappa shape index (κ2) is 22.0. The molecule has 4 aromatic heterocycles. The van der Waals surface area contributed by atoms with Crippen LogP contribution < -0.4 is 0 Å². The monoisotopic (exact) mass is 1090 g/mol. The van der Waals surface area contributed by atoms with E-state index in [-0.39, 0.29) is 20.1 Å². The molecule has 0 saturated carbocycles. The van der Waals surface area contributed by atoms with Crippen molar-refractivity contribution >= 4 is 0 Å². The Balaban J connectivity index is 0.00000582. The van der Waals surface area contributed by atoms with Crippen LogP contribution in [0.5, 0.6) is 0 Å². The molecule has 0 aliphatic carbocycles. The minimum atomic E-state index is 0. The van der Waals surface area contributed by atoms with E-state index in [9.17, 15) is 0 Å². The van der Waals surface area contributed by atoms with E-state index in [4.69, 9.17) is 15.0 Å². The zero-order valence-corrected chi connectivity index (χ0v) is 41.2. The maximum Gasteiger partial charge on any atom is 3.00 e. The van der Waals surface area contributed by atoms with Crippen LogP contribution in [0.1, 0.15) is 22.3 Å². The van der Waals surface area contributed by atoms with Gasteiger partial charge in [-0.25, -0.2) is 9.97 Å². The van der Waals surface area contributed by atoms with Gasteiger partial charge in [0, 0.05) is 35.3 Å². The molecule has 4 heterocycles. The van der Waals surface area contributed by atoms with Crippen LogP contribution in [0.25, 0.3) is 89.9 Å². The maximum atomic E-state index is 5.00. The standard InChI is InChI=1S/C65H46N5.Ir/c1-3-13-51(14-4-1)63-44-64(52-15-5-2-6-16-52)70-65(69-63)56-37-38-62(68-45-56)55-35-33-50(34-36-55)58-17-7-8-18-59(58)57-42-48(23-21-46-25-29-53(30-26-46)60-19-9-11-39-66-60)41-49(43-57)24-22-47-27-31-54(32-28-47)61-20-10-12-40-67-61;/h1-20,25-29,31,33-35,37-45H,21-24H2;/q-3;+3. The average Bonchev–Trinajstić information content (AvgIpc) is 3.45. The van der Waals surface area contributed by atoms with Crippen molar-refractivity contribution in [2.45, 2.75) is 25.7 Å². The Morgan fingerprint density at radius 1 is 0.310 bits per heavy atom. The van der Waals surface area contributed by atoms with Gasteiger partial charge in [-0.2, -0.15) is 0 Å². The Bertz CT molecular complexity index is 3310. The number of benzene rings is 7. The molecule has 5 nitrogen and oxygen atoms in total. The number of aryl methyl sites for hydroxylation is 4. The van der Waals surface area contributed by atoms with Gasteiger partial charge in [0.15, 0.2) is 5.82 Å². The van der Waals surface area contributed by atoms with Crippen LogP contribution in [-0.2, 0) is 45.8 Å². The average molecular weight is 1090 g/mol. The quantitative estimate of drug-likeness (QED) is 0.102. The minimum Gasteiger partial charge on any atom is -0.305 e. The molecule has 0 N–H and O–H groups in total. The molecule has 0 aliphatic rings. The Kier molecular flexibility index (Phi) is 14.4. The predicted molar refractivity (Wildman–Crippen MR) is 283 cm³/mol. The van der Waals surface area contributed by atoms with Crippen LogP contribution in [-0.4, -0.2) is 24.9 Å². The topological polar surface area (TPSA) is 64.5 Å². The normalized spacial score (nSPS) is 10.9. The summed E-state index contributed by atoms with van der Waals surface area (Å²) in [6.07, 6.45) is 9.12. The Morgan fingerprint density at radius 2 is 0.775 bits per heavy atom. The summed E-state index contributed by atoms with van der Waals surface area (Å²) in [4.78, 5) is 23.9. The van der Waals surface area contributed by atoms with Crippen molar-refractivity contribution in [2.24, 2.45) is 0 Å². The van der Waals surface area contributed by atoms with Gasteiger partial charge in [0.05, 0.1) is 11.4 Å². The summed E-state index contributed by atoms with van der Waals surface area (Å²) in [6.45, 7) is 0. The van der Waals surface area contributed by atoms with Crippen molar-refractivity contribution in [3.8, 4) is 89.9 Å². The van der Waals surface area contributed by atoms with Gasteiger partial charge < -0.3 is 15.0 Å². The SMILES string of the molecule is [Ir+3].[c-]1cc(CCc2cc(CCc3c[c-]c(-c4ccccn4)cc3)cc(-c3ccccc3-c3c[c-]c(-c4ccc(-c5nc(-c6ccccc6)cc(-c6ccccc6)n5)cn4)cc3)c2)ccc1-c1ccccn1. The minimum absolute atomic E-state index is 0. The molecule has 6 heteroatoms. The third-order valence-electron chi connectivity index (χ3n) is 12.6. The maximum absolute atomic E-state index is 5.00. The van der Waals surface area contributed by atoms with Crippen LogP contribution in [0.4, 0.5) is 0 Å². The number of aromatic nitrogens is 5. The Morgan fingerprint density at radius 3 is 1.24 bits per heavy atom. The van der Waals surface area contributed by atoms with Crippen LogP contribution >= 0.6 is 0 Å². The third kappa shape index (κ3) is 11.1. The molecule has 340 valence electrons. The van der Waals surface area contributed by atoms with Crippen LogP contribution in [0.3, 0.4) is 0 Å². The zero-order valence-electron chi connectivity index (χ0n) is 38.8. The summed E-state index contributed by atoms with van der Waals surface area (Å²) in [5, 5.41) is 0. The van der Waals surface area contributed by atoms with E-state index in [2.05, 4.69) is 156 Å². The second-order valence-corrected chi connectivity index (χ2v) is 17.4. The summed E-state index contributed by atoms with van der Waals surface area (Å²) in [5.41, 5.74) is 20.0. The molecule has 0 radical (unpaired) electrons. The summed E-state index contributed by atoms with van der Waals surface area (Å²) in [6, 6.07) is 84.2. The first-order chi connectivity index (χ1) is 34.6. The van der Waals surface area contributed by atoms with Gasteiger partial charge in [-0.15, -0.1) is 101 Å².